The minimum atomic E-state index is -1.34. The number of carbonyl (C=O) groups is 2. The zero-order valence-corrected chi connectivity index (χ0v) is 16.3. The van der Waals surface area contributed by atoms with Crippen molar-refractivity contribution in [2.45, 2.75) is 6.92 Å². The molecule has 0 fully saturated rings. The number of hydrogen-bond donors (Lipinski definition) is 3. The fourth-order valence-corrected chi connectivity index (χ4v) is 3.00. The summed E-state index contributed by atoms with van der Waals surface area (Å²) in [6, 6.07) is 9.30. The minimum Gasteiger partial charge on any atom is -0.465 e. The molecule has 0 radical (unpaired) electrons. The van der Waals surface area contributed by atoms with Crippen LogP contribution in [-0.2, 0) is 0 Å². The number of benzene rings is 1. The van der Waals surface area contributed by atoms with Crippen LogP contribution in [0.15, 0.2) is 36.5 Å². The molecule has 2 aromatic heterocycles. The third kappa shape index (κ3) is 4.29. The second-order valence-corrected chi connectivity index (χ2v) is 6.58. The van der Waals surface area contributed by atoms with Crippen LogP contribution in [0, 0.1) is 18.3 Å². The molecule has 0 spiro atoms. The van der Waals surface area contributed by atoms with E-state index < -0.39 is 12.0 Å². The molecule has 0 bridgehead atoms. The Kier molecular flexibility index (Phi) is 5.68. The summed E-state index contributed by atoms with van der Waals surface area (Å²) in [6.07, 6.45) is 0.140. The van der Waals surface area contributed by atoms with Gasteiger partial charge in [0.15, 0.2) is 11.0 Å². The van der Waals surface area contributed by atoms with Gasteiger partial charge in [0.25, 0.3) is 5.91 Å². The topological polar surface area (TPSA) is 133 Å². The van der Waals surface area contributed by atoms with Gasteiger partial charge in [0.05, 0.1) is 28.0 Å². The van der Waals surface area contributed by atoms with Crippen molar-refractivity contribution >= 4 is 46.6 Å². The fourth-order valence-electron chi connectivity index (χ4n) is 2.62. The highest BCUT2D eigenvalue weighted by Gasteiger charge is 2.21. The number of rotatable bonds is 4. The Labute approximate surface area is 174 Å². The number of carbonyl (C=O) groups excluding carboxylic acids is 1. The van der Waals surface area contributed by atoms with Crippen molar-refractivity contribution in [2.24, 2.45) is 0 Å². The van der Waals surface area contributed by atoms with Gasteiger partial charge < -0.3 is 10.4 Å². The predicted molar refractivity (Wildman–Crippen MR) is 107 cm³/mol. The summed E-state index contributed by atoms with van der Waals surface area (Å²) in [4.78, 5) is 28.2. The number of carboxylic acid groups (broad SMARTS) is 1. The predicted octanol–water partition coefficient (Wildman–Crippen LogP) is 4.10. The summed E-state index contributed by atoms with van der Waals surface area (Å²) >= 11 is 12.1. The number of nitrogens with zero attached hydrogens (tertiary/aromatic N) is 4. The molecule has 11 heteroatoms. The van der Waals surface area contributed by atoms with Crippen molar-refractivity contribution in [3.63, 3.8) is 0 Å². The Bertz CT molecular complexity index is 1170. The van der Waals surface area contributed by atoms with Gasteiger partial charge in [-0.1, -0.05) is 23.2 Å². The average molecular weight is 431 g/mol. The molecule has 3 rings (SSSR count). The van der Waals surface area contributed by atoms with Crippen molar-refractivity contribution in [3.8, 4) is 11.9 Å². The first-order valence-electron chi connectivity index (χ1n) is 8.02. The monoisotopic (exact) mass is 430 g/mol. The van der Waals surface area contributed by atoms with Gasteiger partial charge in [0, 0.05) is 12.3 Å². The summed E-state index contributed by atoms with van der Waals surface area (Å²) in [5, 5.41) is 27.3. The molecular weight excluding hydrogens is 419 g/mol. The number of aryl methyl sites for hydroxylation is 1. The SMILES string of the molecule is Cc1cc(C#N)cc(NC(=O)O)c1NC(=O)c1cc(Cl)nn1-c1ncccc1Cl. The lowest BCUT2D eigenvalue weighted by atomic mass is 10.1. The number of halogens is 2. The summed E-state index contributed by atoms with van der Waals surface area (Å²) in [5.41, 5.74) is 0.982. The Morgan fingerprint density at radius 2 is 2.00 bits per heavy atom. The van der Waals surface area contributed by atoms with Crippen molar-refractivity contribution in [1.82, 2.24) is 14.8 Å². The lowest BCUT2D eigenvalue weighted by molar-refractivity contribution is 0.101. The first-order valence-corrected chi connectivity index (χ1v) is 8.78. The van der Waals surface area contributed by atoms with Crippen LogP contribution in [0.3, 0.4) is 0 Å². The summed E-state index contributed by atoms with van der Waals surface area (Å²) < 4.78 is 1.18. The quantitative estimate of drug-likeness (QED) is 0.570. The van der Waals surface area contributed by atoms with Crippen LogP contribution in [0.25, 0.3) is 5.82 Å². The number of nitriles is 1. The van der Waals surface area contributed by atoms with E-state index >= 15 is 0 Å². The third-order valence-electron chi connectivity index (χ3n) is 3.80. The minimum absolute atomic E-state index is 0.0284. The van der Waals surface area contributed by atoms with Crippen LogP contribution in [0.5, 0.6) is 0 Å². The zero-order valence-electron chi connectivity index (χ0n) is 14.8. The molecule has 0 aliphatic heterocycles. The Morgan fingerprint density at radius 1 is 1.24 bits per heavy atom. The molecule has 29 heavy (non-hydrogen) atoms. The van der Waals surface area contributed by atoms with Gasteiger partial charge in [0.2, 0.25) is 0 Å². The van der Waals surface area contributed by atoms with Gasteiger partial charge in [-0.05, 0) is 36.8 Å². The lowest BCUT2D eigenvalue weighted by Gasteiger charge is -2.15. The Hall–Kier alpha value is -3.61. The van der Waals surface area contributed by atoms with E-state index in [0.717, 1.165) is 0 Å². The highest BCUT2D eigenvalue weighted by atomic mass is 35.5. The molecule has 9 nitrogen and oxygen atoms in total. The first-order chi connectivity index (χ1) is 13.8. The van der Waals surface area contributed by atoms with E-state index in [0.29, 0.717) is 5.56 Å². The highest BCUT2D eigenvalue weighted by Crippen LogP contribution is 2.29. The molecular formula is C18H12Cl2N6O3. The molecule has 0 atom stereocenters. The standard InChI is InChI=1S/C18H12Cl2N6O3/c1-9-5-10(8-21)6-12(23-18(28)29)15(9)24-17(27)13-7-14(20)25-26(13)16-11(19)3-2-4-22-16/h2-7,23H,1H3,(H,24,27)(H,28,29). The van der Waals surface area contributed by atoms with E-state index in [9.17, 15) is 9.59 Å². The molecule has 0 unspecified atom stereocenters. The maximum Gasteiger partial charge on any atom is 0.409 e. The Balaban J connectivity index is 2.04. The van der Waals surface area contributed by atoms with Gasteiger partial charge in [-0.3, -0.25) is 10.1 Å². The van der Waals surface area contributed by atoms with Gasteiger partial charge in [-0.2, -0.15) is 10.4 Å². The second kappa shape index (κ2) is 8.18. The van der Waals surface area contributed by atoms with E-state index in [1.54, 1.807) is 19.1 Å². The number of pyridine rings is 1. The number of anilines is 2. The van der Waals surface area contributed by atoms with E-state index in [1.165, 1.54) is 29.1 Å². The molecule has 3 aromatic rings. The molecule has 2 heterocycles. The van der Waals surface area contributed by atoms with Gasteiger partial charge >= 0.3 is 6.09 Å². The van der Waals surface area contributed by atoms with Crippen LogP contribution >= 0.6 is 23.2 Å². The van der Waals surface area contributed by atoms with E-state index in [2.05, 4.69) is 20.7 Å². The third-order valence-corrected chi connectivity index (χ3v) is 4.28. The second-order valence-electron chi connectivity index (χ2n) is 5.78. The van der Waals surface area contributed by atoms with E-state index in [-0.39, 0.29) is 38.6 Å². The average Bonchev–Trinajstić information content (AvgIpc) is 3.05. The molecule has 2 amide bonds. The summed E-state index contributed by atoms with van der Waals surface area (Å²) in [7, 11) is 0. The number of nitrogens with one attached hydrogen (secondary N) is 2. The lowest BCUT2D eigenvalue weighted by Crippen LogP contribution is -2.20. The molecule has 0 aliphatic carbocycles. The normalized spacial score (nSPS) is 10.3. The molecule has 1 aromatic carbocycles. The van der Waals surface area contributed by atoms with Crippen molar-refractivity contribution < 1.29 is 14.7 Å². The maximum atomic E-state index is 12.9. The fraction of sp³-hybridized carbons (Fsp3) is 0.0556. The highest BCUT2D eigenvalue weighted by molar-refractivity contribution is 6.32. The van der Waals surface area contributed by atoms with Crippen LogP contribution in [0.4, 0.5) is 16.2 Å². The van der Waals surface area contributed by atoms with Gasteiger partial charge in [-0.25, -0.2) is 14.5 Å². The van der Waals surface area contributed by atoms with E-state index in [1.807, 2.05) is 6.07 Å². The molecule has 146 valence electrons. The van der Waals surface area contributed by atoms with Gasteiger partial charge in [0.1, 0.15) is 5.69 Å². The van der Waals surface area contributed by atoms with Crippen molar-refractivity contribution in [3.05, 3.63) is 63.5 Å². The largest absolute Gasteiger partial charge is 0.465 e. The molecule has 0 saturated carbocycles. The maximum absolute atomic E-state index is 12.9. The summed E-state index contributed by atoms with van der Waals surface area (Å²) in [5.74, 6) is -0.431. The number of hydrogen-bond acceptors (Lipinski definition) is 5. The van der Waals surface area contributed by atoms with Crippen LogP contribution in [-0.4, -0.2) is 31.9 Å². The smallest absolute Gasteiger partial charge is 0.409 e. The van der Waals surface area contributed by atoms with Crippen molar-refractivity contribution in [2.75, 3.05) is 10.6 Å². The first kappa shape index (κ1) is 20.1. The van der Waals surface area contributed by atoms with Crippen molar-refractivity contribution in [1.29, 1.82) is 5.26 Å². The van der Waals surface area contributed by atoms with Crippen LogP contribution in [0.1, 0.15) is 21.6 Å². The van der Waals surface area contributed by atoms with Crippen LogP contribution in [0.2, 0.25) is 10.2 Å². The number of amides is 2. The summed E-state index contributed by atoms with van der Waals surface area (Å²) in [6.45, 7) is 1.63. The molecule has 0 aliphatic rings. The Morgan fingerprint density at radius 3 is 2.66 bits per heavy atom. The van der Waals surface area contributed by atoms with E-state index in [4.69, 9.17) is 33.6 Å². The molecule has 0 saturated heterocycles. The zero-order chi connectivity index (χ0) is 21.1. The molecule has 3 N–H and O–H groups in total. The van der Waals surface area contributed by atoms with Crippen LogP contribution < -0.4 is 10.6 Å². The van der Waals surface area contributed by atoms with Gasteiger partial charge in [-0.15, -0.1) is 0 Å². The number of aromatic nitrogens is 3.